The van der Waals surface area contributed by atoms with Crippen LogP contribution in [-0.4, -0.2) is 41.2 Å². The molecule has 34 heavy (non-hydrogen) atoms. The van der Waals surface area contributed by atoms with E-state index in [0.717, 1.165) is 10.5 Å². The van der Waals surface area contributed by atoms with Gasteiger partial charge in [0.1, 0.15) is 6.04 Å². The molecule has 8 heteroatoms. The highest BCUT2D eigenvalue weighted by Crippen LogP contribution is 2.16. The second kappa shape index (κ2) is 10.4. The van der Waals surface area contributed by atoms with Gasteiger partial charge in [-0.05, 0) is 35.4 Å². The van der Waals surface area contributed by atoms with Crippen molar-refractivity contribution in [3.8, 4) is 0 Å². The van der Waals surface area contributed by atoms with Crippen molar-refractivity contribution in [2.24, 2.45) is 0 Å². The molecule has 1 atom stereocenters. The van der Waals surface area contributed by atoms with Gasteiger partial charge in [-0.1, -0.05) is 60.7 Å². The van der Waals surface area contributed by atoms with Gasteiger partial charge in [-0.2, -0.15) is 0 Å². The number of carbonyl (C=O) groups is 4. The third-order valence-corrected chi connectivity index (χ3v) is 5.41. The van der Waals surface area contributed by atoms with Gasteiger partial charge in [0, 0.05) is 17.7 Å². The van der Waals surface area contributed by atoms with Crippen LogP contribution in [0.5, 0.6) is 0 Å². The Kier molecular flexibility index (Phi) is 6.98. The van der Waals surface area contributed by atoms with Crippen LogP contribution in [0.4, 0.5) is 10.5 Å². The van der Waals surface area contributed by atoms with E-state index in [9.17, 15) is 19.2 Å². The molecule has 1 heterocycles. The summed E-state index contributed by atoms with van der Waals surface area (Å²) in [7, 11) is 0. The molecule has 0 radical (unpaired) electrons. The third-order valence-electron chi connectivity index (χ3n) is 5.41. The first kappa shape index (κ1) is 22.7. The Labute approximate surface area is 197 Å². The number of nitrogens with one attached hydrogen (secondary N) is 3. The van der Waals surface area contributed by atoms with E-state index in [2.05, 4.69) is 16.0 Å². The molecule has 0 aliphatic carbocycles. The van der Waals surface area contributed by atoms with E-state index in [4.69, 9.17) is 0 Å². The number of rotatable bonds is 8. The van der Waals surface area contributed by atoms with Crippen LogP contribution in [0.3, 0.4) is 0 Å². The van der Waals surface area contributed by atoms with E-state index >= 15 is 0 Å². The lowest BCUT2D eigenvalue weighted by molar-refractivity contribution is -0.125. The minimum Gasteiger partial charge on any atom is -0.340 e. The quantitative estimate of drug-likeness (QED) is 0.453. The molecule has 1 unspecified atom stereocenters. The second-order valence-electron chi connectivity index (χ2n) is 7.91. The summed E-state index contributed by atoms with van der Waals surface area (Å²) in [5.74, 6) is -1.02. The van der Waals surface area contributed by atoms with Crippen LogP contribution in [-0.2, 0) is 22.6 Å². The largest absolute Gasteiger partial charge is 0.340 e. The molecular weight excluding hydrogens is 432 g/mol. The fourth-order valence-corrected chi connectivity index (χ4v) is 3.66. The SMILES string of the molecule is O=C(NC(Cc1ccccc1)C(=O)Nc1cccc(CN2C(=O)CNC2=O)c1)c1ccccc1. The van der Waals surface area contributed by atoms with Gasteiger partial charge >= 0.3 is 6.03 Å². The van der Waals surface area contributed by atoms with Crippen molar-refractivity contribution in [2.45, 2.75) is 19.0 Å². The maximum Gasteiger partial charge on any atom is 0.324 e. The number of imide groups is 1. The average Bonchev–Trinajstić information content (AvgIpc) is 3.17. The Bertz CT molecular complexity index is 1180. The van der Waals surface area contributed by atoms with Gasteiger partial charge in [0.05, 0.1) is 13.1 Å². The highest BCUT2D eigenvalue weighted by molar-refractivity contribution is 6.02. The summed E-state index contributed by atoms with van der Waals surface area (Å²) in [5.41, 5.74) is 2.56. The Morgan fingerprint density at radius 1 is 0.882 bits per heavy atom. The number of urea groups is 1. The molecule has 3 N–H and O–H groups in total. The molecule has 4 rings (SSSR count). The van der Waals surface area contributed by atoms with Gasteiger partial charge in [-0.25, -0.2) is 4.79 Å². The zero-order valence-corrected chi connectivity index (χ0v) is 18.4. The van der Waals surface area contributed by atoms with Crippen LogP contribution < -0.4 is 16.0 Å². The van der Waals surface area contributed by atoms with Crippen molar-refractivity contribution < 1.29 is 19.2 Å². The predicted molar refractivity (Wildman–Crippen MR) is 127 cm³/mol. The van der Waals surface area contributed by atoms with Crippen LogP contribution in [0.1, 0.15) is 21.5 Å². The van der Waals surface area contributed by atoms with Crippen LogP contribution in [0.25, 0.3) is 0 Å². The standard InChI is InChI=1S/C26H24N4O4/c31-23-16-27-26(34)30(23)17-19-10-7-13-21(14-19)28-25(33)22(15-18-8-3-1-4-9-18)29-24(32)20-11-5-2-6-12-20/h1-14,22H,15-17H2,(H,27,34)(H,28,33)(H,29,32). The lowest BCUT2D eigenvalue weighted by Gasteiger charge is -2.19. The van der Waals surface area contributed by atoms with Crippen molar-refractivity contribution in [1.29, 1.82) is 0 Å². The minimum atomic E-state index is -0.815. The van der Waals surface area contributed by atoms with Crippen LogP contribution in [0.2, 0.25) is 0 Å². The van der Waals surface area contributed by atoms with Gasteiger partial charge in [-0.15, -0.1) is 0 Å². The van der Waals surface area contributed by atoms with E-state index in [1.807, 2.05) is 36.4 Å². The molecule has 1 saturated heterocycles. The summed E-state index contributed by atoms with van der Waals surface area (Å²) in [6.07, 6.45) is 0.313. The average molecular weight is 457 g/mol. The Morgan fingerprint density at radius 2 is 1.56 bits per heavy atom. The summed E-state index contributed by atoms with van der Waals surface area (Å²) < 4.78 is 0. The number of hydrogen-bond donors (Lipinski definition) is 3. The zero-order valence-electron chi connectivity index (χ0n) is 18.4. The summed E-state index contributed by atoms with van der Waals surface area (Å²) in [5, 5.41) is 8.16. The second-order valence-corrected chi connectivity index (χ2v) is 7.91. The molecule has 0 aromatic heterocycles. The monoisotopic (exact) mass is 456 g/mol. The summed E-state index contributed by atoms with van der Waals surface area (Å²) in [6.45, 7) is 0.0874. The highest BCUT2D eigenvalue weighted by Gasteiger charge is 2.28. The summed E-state index contributed by atoms with van der Waals surface area (Å²) in [6, 6.07) is 23.8. The molecule has 3 aromatic carbocycles. The van der Waals surface area contributed by atoms with E-state index in [-0.39, 0.29) is 30.8 Å². The number of amides is 5. The lowest BCUT2D eigenvalue weighted by atomic mass is 10.0. The molecule has 0 spiro atoms. The molecule has 1 fully saturated rings. The summed E-state index contributed by atoms with van der Waals surface area (Å²) in [4.78, 5) is 50.7. The Morgan fingerprint density at radius 3 is 2.24 bits per heavy atom. The van der Waals surface area contributed by atoms with Crippen molar-refractivity contribution in [3.05, 3.63) is 102 Å². The van der Waals surface area contributed by atoms with Gasteiger partial charge in [-0.3, -0.25) is 19.3 Å². The van der Waals surface area contributed by atoms with Crippen LogP contribution in [0, 0.1) is 0 Å². The number of nitrogens with zero attached hydrogens (tertiary/aromatic N) is 1. The maximum absolute atomic E-state index is 13.2. The van der Waals surface area contributed by atoms with E-state index in [1.165, 1.54) is 0 Å². The maximum atomic E-state index is 13.2. The van der Waals surface area contributed by atoms with Crippen LogP contribution in [0.15, 0.2) is 84.9 Å². The third kappa shape index (κ3) is 5.66. The fourth-order valence-electron chi connectivity index (χ4n) is 3.66. The Balaban J connectivity index is 1.49. The smallest absolute Gasteiger partial charge is 0.324 e. The summed E-state index contributed by atoms with van der Waals surface area (Å²) >= 11 is 0. The zero-order chi connectivity index (χ0) is 23.9. The van der Waals surface area contributed by atoms with Gasteiger partial charge in [0.2, 0.25) is 11.8 Å². The number of hydrogen-bond acceptors (Lipinski definition) is 4. The van der Waals surface area contributed by atoms with Crippen LogP contribution >= 0.6 is 0 Å². The Hall–Kier alpha value is -4.46. The van der Waals surface area contributed by atoms with E-state index in [0.29, 0.717) is 23.2 Å². The van der Waals surface area contributed by atoms with Crippen molar-refractivity contribution >= 4 is 29.4 Å². The van der Waals surface area contributed by atoms with Crippen molar-refractivity contribution in [3.63, 3.8) is 0 Å². The number of anilines is 1. The topological polar surface area (TPSA) is 108 Å². The first-order valence-corrected chi connectivity index (χ1v) is 10.9. The minimum absolute atomic E-state index is 0.0163. The van der Waals surface area contributed by atoms with E-state index < -0.39 is 12.1 Å². The van der Waals surface area contributed by atoms with Gasteiger partial charge in [0.15, 0.2) is 0 Å². The highest BCUT2D eigenvalue weighted by atomic mass is 16.2. The molecule has 0 bridgehead atoms. The molecule has 1 aliphatic rings. The number of benzene rings is 3. The first-order valence-electron chi connectivity index (χ1n) is 10.9. The molecule has 0 saturated carbocycles. The first-order chi connectivity index (χ1) is 16.5. The molecule has 8 nitrogen and oxygen atoms in total. The molecule has 3 aromatic rings. The van der Waals surface area contributed by atoms with E-state index in [1.54, 1.807) is 48.5 Å². The van der Waals surface area contributed by atoms with Gasteiger partial charge in [0.25, 0.3) is 5.91 Å². The normalized spacial score (nSPS) is 13.8. The fraction of sp³-hybridized carbons (Fsp3) is 0.154. The number of carbonyl (C=O) groups excluding carboxylic acids is 4. The molecular formula is C26H24N4O4. The van der Waals surface area contributed by atoms with Crippen molar-refractivity contribution in [1.82, 2.24) is 15.5 Å². The molecule has 1 aliphatic heterocycles. The lowest BCUT2D eigenvalue weighted by Crippen LogP contribution is -2.45. The van der Waals surface area contributed by atoms with Crippen molar-refractivity contribution in [2.75, 3.05) is 11.9 Å². The predicted octanol–water partition coefficient (Wildman–Crippen LogP) is 2.72. The van der Waals surface area contributed by atoms with Gasteiger partial charge < -0.3 is 16.0 Å². The molecule has 172 valence electrons. The molecule has 5 amide bonds.